The number of hydrogen-bond acceptors (Lipinski definition) is 4. The van der Waals surface area contributed by atoms with Crippen molar-refractivity contribution < 1.29 is 19.2 Å². The fourth-order valence-corrected chi connectivity index (χ4v) is 2.28. The molecular formula is C13H8FIN2O4. The van der Waals surface area contributed by atoms with Crippen molar-refractivity contribution in [2.24, 2.45) is 0 Å². The van der Waals surface area contributed by atoms with Gasteiger partial charge >= 0.3 is 5.97 Å². The van der Waals surface area contributed by atoms with Crippen molar-refractivity contribution >= 4 is 45.6 Å². The summed E-state index contributed by atoms with van der Waals surface area (Å²) < 4.78 is 13.6. The van der Waals surface area contributed by atoms with Crippen LogP contribution in [0.25, 0.3) is 0 Å². The molecule has 6 nitrogen and oxygen atoms in total. The minimum absolute atomic E-state index is 0.0319. The Morgan fingerprint density at radius 1 is 1.24 bits per heavy atom. The summed E-state index contributed by atoms with van der Waals surface area (Å²) in [5.74, 6) is -1.62. The fraction of sp³-hybridized carbons (Fsp3) is 0. The van der Waals surface area contributed by atoms with Crippen molar-refractivity contribution in [3.63, 3.8) is 0 Å². The lowest BCUT2D eigenvalue weighted by atomic mass is 10.1. The number of carboxylic acid groups (broad SMARTS) is 1. The van der Waals surface area contributed by atoms with E-state index in [1.54, 1.807) is 0 Å². The van der Waals surface area contributed by atoms with E-state index in [1.807, 2.05) is 22.6 Å². The molecule has 0 aliphatic rings. The predicted molar refractivity (Wildman–Crippen MR) is 82.5 cm³/mol. The highest BCUT2D eigenvalue weighted by atomic mass is 127. The first-order valence-corrected chi connectivity index (χ1v) is 6.70. The zero-order valence-electron chi connectivity index (χ0n) is 10.3. The number of carboxylic acids is 1. The van der Waals surface area contributed by atoms with E-state index in [0.29, 0.717) is 9.26 Å². The maximum absolute atomic E-state index is 13.0. The van der Waals surface area contributed by atoms with Crippen LogP contribution in [0.3, 0.4) is 0 Å². The molecule has 0 unspecified atom stereocenters. The molecule has 0 bridgehead atoms. The molecular weight excluding hydrogens is 394 g/mol. The normalized spacial score (nSPS) is 10.2. The van der Waals surface area contributed by atoms with Crippen molar-refractivity contribution in [1.82, 2.24) is 0 Å². The van der Waals surface area contributed by atoms with Crippen LogP contribution in [0.4, 0.5) is 21.5 Å². The first kappa shape index (κ1) is 15.2. The minimum atomic E-state index is -1.19. The Balaban J connectivity index is 2.48. The first-order chi connectivity index (χ1) is 9.88. The monoisotopic (exact) mass is 402 g/mol. The summed E-state index contributed by atoms with van der Waals surface area (Å²) in [6.45, 7) is 0. The summed E-state index contributed by atoms with van der Waals surface area (Å²) in [6, 6.07) is 7.32. The van der Waals surface area contributed by atoms with E-state index in [4.69, 9.17) is 5.11 Å². The van der Waals surface area contributed by atoms with Gasteiger partial charge in [0.2, 0.25) is 0 Å². The van der Waals surface area contributed by atoms with Crippen LogP contribution in [0.2, 0.25) is 0 Å². The molecule has 0 fully saturated rings. The summed E-state index contributed by atoms with van der Waals surface area (Å²) in [5.41, 5.74) is 0.132. The molecule has 21 heavy (non-hydrogen) atoms. The second-order valence-electron chi connectivity index (χ2n) is 4.04. The van der Waals surface area contributed by atoms with Crippen molar-refractivity contribution in [3.8, 4) is 0 Å². The molecule has 0 radical (unpaired) electrons. The van der Waals surface area contributed by atoms with Gasteiger partial charge in [-0.15, -0.1) is 0 Å². The van der Waals surface area contributed by atoms with Gasteiger partial charge in [0.25, 0.3) is 5.69 Å². The molecule has 0 aliphatic carbocycles. The number of aromatic carboxylic acids is 1. The smallest absolute Gasteiger partial charge is 0.335 e. The molecule has 8 heteroatoms. The number of benzene rings is 2. The maximum atomic E-state index is 13.0. The molecule has 0 saturated carbocycles. The van der Waals surface area contributed by atoms with Crippen LogP contribution >= 0.6 is 22.6 Å². The Kier molecular flexibility index (Phi) is 4.36. The average Bonchev–Trinajstić information content (AvgIpc) is 2.41. The van der Waals surface area contributed by atoms with Crippen LogP contribution < -0.4 is 5.32 Å². The molecule has 0 spiro atoms. The van der Waals surface area contributed by atoms with Crippen LogP contribution in [0.5, 0.6) is 0 Å². The highest BCUT2D eigenvalue weighted by molar-refractivity contribution is 14.1. The van der Waals surface area contributed by atoms with Gasteiger partial charge in [0.15, 0.2) is 0 Å². The highest BCUT2D eigenvalue weighted by Gasteiger charge is 2.17. The Morgan fingerprint density at radius 2 is 1.95 bits per heavy atom. The Hall–Kier alpha value is -2.23. The van der Waals surface area contributed by atoms with Crippen LogP contribution in [0.1, 0.15) is 10.4 Å². The molecule has 2 N–H and O–H groups in total. The van der Waals surface area contributed by atoms with Crippen molar-refractivity contribution in [2.75, 3.05) is 5.32 Å². The lowest BCUT2D eigenvalue weighted by molar-refractivity contribution is -0.383. The Labute approximate surface area is 131 Å². The Morgan fingerprint density at radius 3 is 2.52 bits per heavy atom. The number of nitro benzene ring substituents is 1. The topological polar surface area (TPSA) is 92.5 Å². The van der Waals surface area contributed by atoms with Crippen LogP contribution in [-0.2, 0) is 0 Å². The summed E-state index contributed by atoms with van der Waals surface area (Å²) in [6.07, 6.45) is 0. The van der Waals surface area contributed by atoms with Gasteiger partial charge in [-0.2, -0.15) is 0 Å². The molecule has 108 valence electrons. The van der Waals surface area contributed by atoms with E-state index in [2.05, 4.69) is 5.32 Å². The van der Waals surface area contributed by atoms with Crippen LogP contribution in [0, 0.1) is 19.5 Å². The largest absolute Gasteiger partial charge is 0.478 e. The van der Waals surface area contributed by atoms with Gasteiger partial charge < -0.3 is 10.4 Å². The molecule has 0 heterocycles. The number of nitrogens with zero attached hydrogens (tertiary/aromatic N) is 1. The van der Waals surface area contributed by atoms with Crippen LogP contribution in [0.15, 0.2) is 36.4 Å². The molecule has 0 aliphatic heterocycles. The number of nitrogens with one attached hydrogen (secondary N) is 1. The molecule has 2 aromatic carbocycles. The van der Waals surface area contributed by atoms with Crippen molar-refractivity contribution in [2.45, 2.75) is 0 Å². The minimum Gasteiger partial charge on any atom is -0.478 e. The van der Waals surface area contributed by atoms with Gasteiger partial charge in [-0.05, 0) is 52.9 Å². The van der Waals surface area contributed by atoms with E-state index in [9.17, 15) is 19.3 Å². The van der Waals surface area contributed by atoms with Crippen molar-refractivity contribution in [3.05, 3.63) is 61.5 Å². The summed E-state index contributed by atoms with van der Waals surface area (Å²) in [7, 11) is 0. The zero-order chi connectivity index (χ0) is 15.6. The summed E-state index contributed by atoms with van der Waals surface area (Å²) >= 11 is 1.88. The lowest BCUT2D eigenvalue weighted by Crippen LogP contribution is -2.02. The third-order valence-corrected chi connectivity index (χ3v) is 3.53. The number of nitro groups is 1. The fourth-order valence-electron chi connectivity index (χ4n) is 1.66. The summed E-state index contributed by atoms with van der Waals surface area (Å²) in [4.78, 5) is 21.3. The molecule has 0 atom stereocenters. The number of hydrogen-bond donors (Lipinski definition) is 2. The second-order valence-corrected chi connectivity index (χ2v) is 5.21. The van der Waals surface area contributed by atoms with E-state index in [0.717, 1.165) is 12.1 Å². The third-order valence-electron chi connectivity index (χ3n) is 2.64. The van der Waals surface area contributed by atoms with Gasteiger partial charge in [0.1, 0.15) is 11.5 Å². The van der Waals surface area contributed by atoms with Crippen molar-refractivity contribution in [1.29, 1.82) is 0 Å². The second kappa shape index (κ2) is 6.04. The number of anilines is 2. The number of carbonyl (C=O) groups is 1. The first-order valence-electron chi connectivity index (χ1n) is 5.62. The summed E-state index contributed by atoms with van der Waals surface area (Å²) in [5, 5.41) is 22.7. The predicted octanol–water partition coefficient (Wildman–Crippen LogP) is 3.78. The van der Waals surface area contributed by atoms with E-state index >= 15 is 0 Å². The van der Waals surface area contributed by atoms with Gasteiger partial charge in [0, 0.05) is 9.64 Å². The maximum Gasteiger partial charge on any atom is 0.335 e. The molecule has 2 rings (SSSR count). The van der Waals surface area contributed by atoms with Gasteiger partial charge in [0.05, 0.1) is 16.2 Å². The molecule has 0 aromatic heterocycles. The Bertz CT molecular complexity index is 736. The van der Waals surface area contributed by atoms with E-state index < -0.39 is 16.7 Å². The highest BCUT2D eigenvalue weighted by Crippen LogP contribution is 2.30. The molecule has 2 aromatic rings. The van der Waals surface area contributed by atoms with E-state index in [-0.39, 0.29) is 16.9 Å². The number of halogens is 2. The third kappa shape index (κ3) is 3.45. The standard InChI is InChI=1S/C13H8FIN2O4/c14-8-2-3-10(9(15)6-8)16-11-5-7(13(18)19)1-4-12(11)17(20)21/h1-6,16H,(H,18,19). The quantitative estimate of drug-likeness (QED) is 0.462. The number of rotatable bonds is 4. The average molecular weight is 402 g/mol. The SMILES string of the molecule is O=C(O)c1ccc([N+](=O)[O-])c(Nc2ccc(F)cc2I)c1. The zero-order valence-corrected chi connectivity index (χ0v) is 12.5. The van der Waals surface area contributed by atoms with E-state index in [1.165, 1.54) is 24.3 Å². The lowest BCUT2D eigenvalue weighted by Gasteiger charge is -2.10. The van der Waals surface area contributed by atoms with Gasteiger partial charge in [-0.25, -0.2) is 9.18 Å². The van der Waals surface area contributed by atoms with Gasteiger partial charge in [-0.1, -0.05) is 0 Å². The van der Waals surface area contributed by atoms with Gasteiger partial charge in [-0.3, -0.25) is 10.1 Å². The molecule has 0 amide bonds. The molecule has 0 saturated heterocycles. The van der Waals surface area contributed by atoms with Crippen LogP contribution in [-0.4, -0.2) is 16.0 Å².